The van der Waals surface area contributed by atoms with E-state index in [4.69, 9.17) is 11.6 Å². The summed E-state index contributed by atoms with van der Waals surface area (Å²) in [5.74, 6) is 0. The quantitative estimate of drug-likeness (QED) is 0.851. The van der Waals surface area contributed by atoms with Crippen molar-refractivity contribution in [1.82, 2.24) is 10.3 Å². The van der Waals surface area contributed by atoms with Crippen LogP contribution < -0.4 is 10.2 Å². The number of hydrogen-bond donors (Lipinski definition) is 1. The Kier molecular flexibility index (Phi) is 4.05. The molecule has 0 aliphatic carbocycles. The lowest BCUT2D eigenvalue weighted by atomic mass is 10.1. The zero-order valence-electron chi connectivity index (χ0n) is 9.21. The maximum atomic E-state index is 5.90. The fourth-order valence-corrected chi connectivity index (χ4v) is 2.55. The molecule has 2 rings (SSSR count). The normalized spacial score (nSPS) is 21.2. The second-order valence-electron chi connectivity index (χ2n) is 3.96. The van der Waals surface area contributed by atoms with Gasteiger partial charge in [-0.1, -0.05) is 11.6 Å². The third-order valence-corrected chi connectivity index (χ3v) is 4.08. The van der Waals surface area contributed by atoms with Gasteiger partial charge in [-0.3, -0.25) is 0 Å². The first-order valence-corrected chi connectivity index (χ1v) is 6.64. The first kappa shape index (κ1) is 12.1. The lowest BCUT2D eigenvalue weighted by Crippen LogP contribution is -2.47. The summed E-state index contributed by atoms with van der Waals surface area (Å²) in [6.45, 7) is 1.07. The predicted molar refractivity (Wildman–Crippen MR) is 71.0 cm³/mol. The molecular formula is C11H15BrClN3. The molecule has 2 heterocycles. The van der Waals surface area contributed by atoms with Crippen LogP contribution >= 0.6 is 27.5 Å². The Morgan fingerprint density at radius 3 is 3.06 bits per heavy atom. The molecule has 0 spiro atoms. The van der Waals surface area contributed by atoms with Crippen molar-refractivity contribution in [2.24, 2.45) is 0 Å². The second-order valence-corrected chi connectivity index (χ2v) is 5.17. The number of halogens is 2. The number of nitrogens with zero attached hydrogens (tertiary/aromatic N) is 2. The molecule has 0 saturated carbocycles. The van der Waals surface area contributed by atoms with E-state index in [9.17, 15) is 0 Å². The number of pyridine rings is 1. The first-order valence-electron chi connectivity index (χ1n) is 5.47. The van der Waals surface area contributed by atoms with Crippen molar-refractivity contribution < 1.29 is 0 Å². The van der Waals surface area contributed by atoms with Gasteiger partial charge in [0.2, 0.25) is 0 Å². The molecule has 1 unspecified atom stereocenters. The minimum absolute atomic E-state index is 0.406. The van der Waals surface area contributed by atoms with Crippen molar-refractivity contribution in [3.63, 3.8) is 0 Å². The predicted octanol–water partition coefficient (Wildman–Crippen LogP) is 3.03. The SMILES string of the molecule is CNC1CCCCN1c1cnc(Cl)c(Br)c1. The van der Waals surface area contributed by atoms with Crippen LogP contribution in [-0.2, 0) is 0 Å². The van der Waals surface area contributed by atoms with Gasteiger partial charge in [0, 0.05) is 6.54 Å². The summed E-state index contributed by atoms with van der Waals surface area (Å²) < 4.78 is 0.854. The molecule has 0 amide bonds. The van der Waals surface area contributed by atoms with Crippen molar-refractivity contribution in [3.05, 3.63) is 21.9 Å². The number of hydrogen-bond acceptors (Lipinski definition) is 3. The van der Waals surface area contributed by atoms with Crippen LogP contribution in [0.15, 0.2) is 16.7 Å². The van der Waals surface area contributed by atoms with E-state index in [1.165, 1.54) is 19.3 Å². The van der Waals surface area contributed by atoms with Gasteiger partial charge in [0.1, 0.15) is 5.15 Å². The minimum Gasteiger partial charge on any atom is -0.355 e. The standard InChI is InChI=1S/C11H15BrClN3/c1-14-10-4-2-3-5-16(10)8-6-9(12)11(13)15-7-8/h6-7,10,14H,2-5H2,1H3. The van der Waals surface area contributed by atoms with Crippen molar-refractivity contribution in [3.8, 4) is 0 Å². The van der Waals surface area contributed by atoms with Crippen LogP contribution in [0.3, 0.4) is 0 Å². The summed E-state index contributed by atoms with van der Waals surface area (Å²) in [6, 6.07) is 2.03. The second kappa shape index (κ2) is 5.34. The van der Waals surface area contributed by atoms with Gasteiger partial charge < -0.3 is 10.2 Å². The number of piperidine rings is 1. The fourth-order valence-electron chi connectivity index (χ4n) is 2.11. The highest BCUT2D eigenvalue weighted by atomic mass is 79.9. The molecule has 1 aromatic rings. The zero-order chi connectivity index (χ0) is 11.5. The number of anilines is 1. The van der Waals surface area contributed by atoms with E-state index in [2.05, 4.69) is 31.1 Å². The van der Waals surface area contributed by atoms with E-state index in [1.807, 2.05) is 19.3 Å². The van der Waals surface area contributed by atoms with Crippen molar-refractivity contribution in [2.75, 3.05) is 18.5 Å². The Bertz CT molecular complexity index is 372. The molecule has 16 heavy (non-hydrogen) atoms. The molecule has 1 aliphatic heterocycles. The summed E-state index contributed by atoms with van der Waals surface area (Å²) in [7, 11) is 2.00. The van der Waals surface area contributed by atoms with Crippen LogP contribution in [0.2, 0.25) is 5.15 Å². The topological polar surface area (TPSA) is 28.2 Å². The van der Waals surface area contributed by atoms with Crippen LogP contribution in [0.4, 0.5) is 5.69 Å². The molecule has 1 saturated heterocycles. The summed E-state index contributed by atoms with van der Waals surface area (Å²) in [4.78, 5) is 6.52. The molecular weight excluding hydrogens is 289 g/mol. The van der Waals surface area contributed by atoms with Crippen LogP contribution in [0, 0.1) is 0 Å². The van der Waals surface area contributed by atoms with Gasteiger partial charge in [0.25, 0.3) is 0 Å². The van der Waals surface area contributed by atoms with E-state index in [1.54, 1.807) is 0 Å². The third kappa shape index (κ3) is 2.50. The van der Waals surface area contributed by atoms with E-state index >= 15 is 0 Å². The first-order chi connectivity index (χ1) is 7.72. The van der Waals surface area contributed by atoms with Crippen molar-refractivity contribution in [2.45, 2.75) is 25.4 Å². The molecule has 1 aromatic heterocycles. The average Bonchev–Trinajstić information content (AvgIpc) is 2.32. The molecule has 1 atom stereocenters. The molecule has 3 nitrogen and oxygen atoms in total. The van der Waals surface area contributed by atoms with Crippen LogP contribution in [-0.4, -0.2) is 24.7 Å². The fraction of sp³-hybridized carbons (Fsp3) is 0.545. The Morgan fingerprint density at radius 1 is 1.56 bits per heavy atom. The highest BCUT2D eigenvalue weighted by Gasteiger charge is 2.21. The Hall–Kier alpha value is -0.320. The number of nitrogens with one attached hydrogen (secondary N) is 1. The number of rotatable bonds is 2. The maximum Gasteiger partial charge on any atom is 0.143 e. The van der Waals surface area contributed by atoms with Crippen molar-refractivity contribution >= 4 is 33.2 Å². The molecule has 5 heteroatoms. The zero-order valence-corrected chi connectivity index (χ0v) is 11.6. The Balaban J connectivity index is 2.23. The number of aromatic nitrogens is 1. The van der Waals surface area contributed by atoms with Gasteiger partial charge >= 0.3 is 0 Å². The summed E-state index contributed by atoms with van der Waals surface area (Å²) in [5.41, 5.74) is 1.12. The largest absolute Gasteiger partial charge is 0.355 e. The lowest BCUT2D eigenvalue weighted by molar-refractivity contribution is 0.418. The highest BCUT2D eigenvalue weighted by Crippen LogP contribution is 2.28. The van der Waals surface area contributed by atoms with E-state index < -0.39 is 0 Å². The Morgan fingerprint density at radius 2 is 2.38 bits per heavy atom. The third-order valence-electron chi connectivity index (χ3n) is 2.95. The molecule has 1 aliphatic rings. The molecule has 1 N–H and O–H groups in total. The van der Waals surface area contributed by atoms with Gasteiger partial charge in [0.15, 0.2) is 0 Å². The molecule has 0 bridgehead atoms. The average molecular weight is 305 g/mol. The van der Waals surface area contributed by atoms with Gasteiger partial charge in [-0.05, 0) is 48.3 Å². The monoisotopic (exact) mass is 303 g/mol. The molecule has 1 fully saturated rings. The Labute approximate surface area is 109 Å². The molecule has 0 aromatic carbocycles. The summed E-state index contributed by atoms with van der Waals surface area (Å²) in [5, 5.41) is 3.85. The molecule has 0 radical (unpaired) electrons. The molecule has 88 valence electrons. The highest BCUT2D eigenvalue weighted by molar-refractivity contribution is 9.10. The smallest absolute Gasteiger partial charge is 0.143 e. The summed E-state index contributed by atoms with van der Waals surface area (Å²) in [6.07, 6.45) is 5.94. The lowest BCUT2D eigenvalue weighted by Gasteiger charge is -2.37. The van der Waals surface area contributed by atoms with Crippen LogP contribution in [0.25, 0.3) is 0 Å². The van der Waals surface area contributed by atoms with E-state index in [-0.39, 0.29) is 0 Å². The van der Waals surface area contributed by atoms with Gasteiger partial charge in [-0.2, -0.15) is 0 Å². The van der Waals surface area contributed by atoms with E-state index in [0.29, 0.717) is 11.3 Å². The minimum atomic E-state index is 0.406. The van der Waals surface area contributed by atoms with Gasteiger partial charge in [-0.25, -0.2) is 4.98 Å². The van der Waals surface area contributed by atoms with Crippen molar-refractivity contribution in [1.29, 1.82) is 0 Å². The summed E-state index contributed by atoms with van der Waals surface area (Å²) >= 11 is 9.31. The van der Waals surface area contributed by atoms with Gasteiger partial charge in [-0.15, -0.1) is 0 Å². The van der Waals surface area contributed by atoms with Crippen LogP contribution in [0.5, 0.6) is 0 Å². The van der Waals surface area contributed by atoms with Crippen LogP contribution in [0.1, 0.15) is 19.3 Å². The van der Waals surface area contributed by atoms with E-state index in [0.717, 1.165) is 16.7 Å². The maximum absolute atomic E-state index is 5.90. The van der Waals surface area contributed by atoms with Gasteiger partial charge in [0.05, 0.1) is 22.5 Å².